The number of anilines is 1. The Bertz CT molecular complexity index is 1300. The van der Waals surface area contributed by atoms with Crippen LogP contribution in [0.15, 0.2) is 35.2 Å². The average molecular weight is 506 g/mol. The van der Waals surface area contributed by atoms with E-state index in [0.29, 0.717) is 42.2 Å². The minimum atomic E-state index is -3.68. The standard InChI is InChI=1S/C24H31N3O5S2/c1-17-16-18(2)20(4)23(19(17)3)34(31,32)26-13-11-25(12-14-26)24(28)21-6-8-22(9-7-21)27-10-5-15-33(27,29)30/h6-9,16H,5,10-15H2,1-4H3. The molecule has 2 aliphatic rings. The molecule has 0 spiro atoms. The van der Waals surface area contributed by atoms with Crippen LogP contribution in [0.25, 0.3) is 0 Å². The van der Waals surface area contributed by atoms with Crippen LogP contribution >= 0.6 is 0 Å². The fourth-order valence-electron chi connectivity index (χ4n) is 4.71. The van der Waals surface area contributed by atoms with Crippen LogP contribution in [0.1, 0.15) is 39.0 Å². The summed E-state index contributed by atoms with van der Waals surface area (Å²) in [6, 6.07) is 8.59. The summed E-state index contributed by atoms with van der Waals surface area (Å²) in [4.78, 5) is 15.0. The zero-order valence-electron chi connectivity index (χ0n) is 20.0. The highest BCUT2D eigenvalue weighted by Gasteiger charge is 2.33. The van der Waals surface area contributed by atoms with Crippen molar-refractivity contribution in [1.82, 2.24) is 9.21 Å². The Morgan fingerprint density at radius 2 is 1.41 bits per heavy atom. The van der Waals surface area contributed by atoms with E-state index in [9.17, 15) is 21.6 Å². The molecule has 0 saturated carbocycles. The van der Waals surface area contributed by atoms with Crippen LogP contribution in [0, 0.1) is 27.7 Å². The molecule has 8 nitrogen and oxygen atoms in total. The number of carbonyl (C=O) groups is 1. The summed E-state index contributed by atoms with van der Waals surface area (Å²) in [7, 11) is -6.95. The van der Waals surface area contributed by atoms with Crippen LogP contribution < -0.4 is 4.31 Å². The SMILES string of the molecule is Cc1cc(C)c(C)c(S(=O)(=O)N2CCN(C(=O)c3ccc(N4CCCS4(=O)=O)cc3)CC2)c1C. The largest absolute Gasteiger partial charge is 0.336 e. The molecule has 2 heterocycles. The lowest BCUT2D eigenvalue weighted by atomic mass is 10.0. The quantitative estimate of drug-likeness (QED) is 0.637. The highest BCUT2D eigenvalue weighted by Crippen LogP contribution is 2.30. The summed E-state index contributed by atoms with van der Waals surface area (Å²) in [6.07, 6.45) is 0.595. The second-order valence-corrected chi connectivity index (χ2v) is 13.0. The second kappa shape index (κ2) is 8.98. The average Bonchev–Trinajstić information content (AvgIpc) is 3.16. The summed E-state index contributed by atoms with van der Waals surface area (Å²) in [5.41, 5.74) is 4.44. The van der Waals surface area contributed by atoms with Gasteiger partial charge in [0, 0.05) is 38.3 Å². The Kier molecular flexibility index (Phi) is 6.52. The van der Waals surface area contributed by atoms with E-state index >= 15 is 0 Å². The highest BCUT2D eigenvalue weighted by atomic mass is 32.2. The van der Waals surface area contributed by atoms with E-state index in [0.717, 1.165) is 22.3 Å². The molecule has 2 aliphatic heterocycles. The van der Waals surface area contributed by atoms with Crippen molar-refractivity contribution in [3.05, 3.63) is 58.1 Å². The van der Waals surface area contributed by atoms with Gasteiger partial charge in [-0.05, 0) is 80.6 Å². The Hall–Kier alpha value is -2.43. The van der Waals surface area contributed by atoms with Gasteiger partial charge in [0.2, 0.25) is 20.0 Å². The van der Waals surface area contributed by atoms with Crippen LogP contribution in [0.4, 0.5) is 5.69 Å². The lowest BCUT2D eigenvalue weighted by Crippen LogP contribution is -2.50. The maximum atomic E-state index is 13.5. The number of aryl methyl sites for hydroxylation is 2. The number of carbonyl (C=O) groups excluding carboxylic acids is 1. The van der Waals surface area contributed by atoms with Gasteiger partial charge in [0.05, 0.1) is 16.3 Å². The fraction of sp³-hybridized carbons (Fsp3) is 0.458. The maximum absolute atomic E-state index is 13.5. The Balaban J connectivity index is 1.46. The maximum Gasteiger partial charge on any atom is 0.253 e. The number of hydrogen-bond acceptors (Lipinski definition) is 5. The first kappa shape index (κ1) is 24.7. The summed E-state index contributed by atoms with van der Waals surface area (Å²) >= 11 is 0. The number of hydrogen-bond donors (Lipinski definition) is 0. The summed E-state index contributed by atoms with van der Waals surface area (Å²) in [5.74, 6) is -0.0474. The summed E-state index contributed by atoms with van der Waals surface area (Å²) < 4.78 is 54.0. The molecule has 0 unspecified atom stereocenters. The van der Waals surface area contributed by atoms with Crippen molar-refractivity contribution >= 4 is 31.6 Å². The first-order chi connectivity index (χ1) is 15.9. The Labute approximate surface area is 202 Å². The molecule has 10 heteroatoms. The lowest BCUT2D eigenvalue weighted by Gasteiger charge is -2.35. The van der Waals surface area contributed by atoms with Gasteiger partial charge in [0.25, 0.3) is 5.91 Å². The van der Waals surface area contributed by atoms with Gasteiger partial charge < -0.3 is 4.90 Å². The number of sulfonamides is 2. The summed E-state index contributed by atoms with van der Waals surface area (Å²) in [5, 5.41) is 0. The molecule has 0 radical (unpaired) electrons. The van der Waals surface area contributed by atoms with Gasteiger partial charge in [0.1, 0.15) is 0 Å². The van der Waals surface area contributed by atoms with Crippen LogP contribution in [0.2, 0.25) is 0 Å². The van der Waals surface area contributed by atoms with Crippen molar-refractivity contribution in [2.75, 3.05) is 42.8 Å². The van der Waals surface area contributed by atoms with Crippen molar-refractivity contribution in [3.63, 3.8) is 0 Å². The predicted molar refractivity (Wildman–Crippen MR) is 132 cm³/mol. The number of benzene rings is 2. The molecule has 2 aromatic rings. The fourth-order valence-corrected chi connectivity index (χ4v) is 8.27. The highest BCUT2D eigenvalue weighted by molar-refractivity contribution is 7.93. The molecule has 0 aromatic heterocycles. The van der Waals surface area contributed by atoms with Crippen molar-refractivity contribution in [3.8, 4) is 0 Å². The Morgan fingerprint density at radius 1 is 0.853 bits per heavy atom. The molecule has 184 valence electrons. The van der Waals surface area contributed by atoms with E-state index < -0.39 is 20.0 Å². The molecular formula is C24H31N3O5S2. The molecule has 2 aromatic carbocycles. The van der Waals surface area contributed by atoms with Crippen LogP contribution in [-0.2, 0) is 20.0 Å². The van der Waals surface area contributed by atoms with Gasteiger partial charge in [-0.1, -0.05) is 6.07 Å². The third-order valence-electron chi connectivity index (χ3n) is 6.92. The van der Waals surface area contributed by atoms with E-state index in [2.05, 4.69) is 0 Å². The molecule has 0 bridgehead atoms. The van der Waals surface area contributed by atoms with Gasteiger partial charge >= 0.3 is 0 Å². The topological polar surface area (TPSA) is 95.1 Å². The first-order valence-electron chi connectivity index (χ1n) is 11.4. The van der Waals surface area contributed by atoms with E-state index in [1.54, 1.807) is 29.2 Å². The molecule has 0 atom stereocenters. The van der Waals surface area contributed by atoms with Crippen molar-refractivity contribution in [2.45, 2.75) is 39.0 Å². The molecular weight excluding hydrogens is 474 g/mol. The molecule has 4 rings (SSSR count). The predicted octanol–water partition coefficient (Wildman–Crippen LogP) is 2.61. The second-order valence-electron chi connectivity index (χ2n) is 9.07. The van der Waals surface area contributed by atoms with E-state index in [1.807, 2.05) is 33.8 Å². The van der Waals surface area contributed by atoms with E-state index in [4.69, 9.17) is 0 Å². The van der Waals surface area contributed by atoms with Gasteiger partial charge in [-0.25, -0.2) is 16.8 Å². The van der Waals surface area contributed by atoms with Gasteiger partial charge in [-0.15, -0.1) is 0 Å². The lowest BCUT2D eigenvalue weighted by molar-refractivity contribution is 0.0698. The zero-order chi connectivity index (χ0) is 24.8. The minimum Gasteiger partial charge on any atom is -0.336 e. The third-order valence-corrected chi connectivity index (χ3v) is 11.0. The van der Waals surface area contributed by atoms with Gasteiger partial charge in [0.15, 0.2) is 0 Å². The zero-order valence-corrected chi connectivity index (χ0v) is 21.7. The smallest absolute Gasteiger partial charge is 0.253 e. The monoisotopic (exact) mass is 505 g/mol. The van der Waals surface area contributed by atoms with Crippen LogP contribution in [-0.4, -0.2) is 70.4 Å². The van der Waals surface area contributed by atoms with Gasteiger partial charge in [-0.3, -0.25) is 9.10 Å². The molecule has 0 N–H and O–H groups in total. The molecule has 34 heavy (non-hydrogen) atoms. The normalized spacial score (nSPS) is 18.9. The van der Waals surface area contributed by atoms with Crippen molar-refractivity contribution < 1.29 is 21.6 Å². The van der Waals surface area contributed by atoms with E-state index in [1.165, 1.54) is 8.61 Å². The van der Waals surface area contributed by atoms with Crippen molar-refractivity contribution in [1.29, 1.82) is 0 Å². The third kappa shape index (κ3) is 4.34. The minimum absolute atomic E-state index is 0.141. The molecule has 0 aliphatic carbocycles. The van der Waals surface area contributed by atoms with Crippen LogP contribution in [0.3, 0.4) is 0 Å². The number of rotatable bonds is 4. The summed E-state index contributed by atoms with van der Waals surface area (Å²) in [6.45, 7) is 9.01. The van der Waals surface area contributed by atoms with Gasteiger partial charge in [-0.2, -0.15) is 4.31 Å². The molecule has 2 saturated heterocycles. The number of piperazine rings is 1. The molecule has 1 amide bonds. The van der Waals surface area contributed by atoms with E-state index in [-0.39, 0.29) is 24.7 Å². The number of nitrogens with zero attached hydrogens (tertiary/aromatic N) is 3. The Morgan fingerprint density at radius 3 is 1.91 bits per heavy atom. The molecule has 2 fully saturated rings. The van der Waals surface area contributed by atoms with Crippen molar-refractivity contribution in [2.24, 2.45) is 0 Å². The number of amides is 1. The first-order valence-corrected chi connectivity index (χ1v) is 14.5. The van der Waals surface area contributed by atoms with Crippen LogP contribution in [0.5, 0.6) is 0 Å².